The summed E-state index contributed by atoms with van der Waals surface area (Å²) in [5, 5.41) is 0. The summed E-state index contributed by atoms with van der Waals surface area (Å²) >= 11 is 0. The van der Waals surface area contributed by atoms with Crippen LogP contribution in [0.5, 0.6) is 0 Å². The topological polar surface area (TPSA) is 12.4 Å². The lowest BCUT2D eigenvalue weighted by Gasteiger charge is -1.86. The van der Waals surface area contributed by atoms with Gasteiger partial charge in [-0.15, -0.1) is 0 Å². The number of allylic oxidation sites excluding steroid dienone is 2. The molecule has 0 aromatic rings. The first-order chi connectivity index (χ1) is 5.31. The van der Waals surface area contributed by atoms with Crippen LogP contribution < -0.4 is 0 Å². The van der Waals surface area contributed by atoms with Gasteiger partial charge in [0.05, 0.1) is 0 Å². The fraction of sp³-hybridized carbons (Fsp3) is 0.500. The first kappa shape index (κ1) is 12.8. The number of aliphatic imine (C=N–C) groups is 1. The van der Waals surface area contributed by atoms with Crippen LogP contribution in [0.3, 0.4) is 0 Å². The molecule has 0 aliphatic carbocycles. The SMILES string of the molecule is C=CC=N/C=C(\C)CC.CC. The molecule has 0 bridgehead atoms. The standard InChI is InChI=1S/C8H13N.C2H6/c1-4-6-9-7-8(3)5-2;1-2/h4,6-7H,1,5H2,2-3H3;1-2H3/b8-7+,9-6?;. The number of hydrogen-bond acceptors (Lipinski definition) is 1. The molecule has 0 radical (unpaired) electrons. The number of rotatable bonds is 3. The van der Waals surface area contributed by atoms with Crippen molar-refractivity contribution in [3.05, 3.63) is 24.4 Å². The van der Waals surface area contributed by atoms with Crippen LogP contribution in [-0.4, -0.2) is 6.21 Å². The van der Waals surface area contributed by atoms with E-state index in [0.29, 0.717) is 0 Å². The zero-order chi connectivity index (χ0) is 9.11. The van der Waals surface area contributed by atoms with Crippen LogP contribution in [-0.2, 0) is 0 Å². The average Bonchev–Trinajstić information content (AvgIpc) is 2.08. The summed E-state index contributed by atoms with van der Waals surface area (Å²) in [4.78, 5) is 3.96. The molecular weight excluding hydrogens is 134 g/mol. The van der Waals surface area contributed by atoms with Crippen molar-refractivity contribution in [2.75, 3.05) is 0 Å². The molecule has 0 saturated carbocycles. The van der Waals surface area contributed by atoms with E-state index >= 15 is 0 Å². The van der Waals surface area contributed by atoms with Crippen molar-refractivity contribution in [2.45, 2.75) is 34.1 Å². The van der Waals surface area contributed by atoms with Crippen molar-refractivity contribution in [3.63, 3.8) is 0 Å². The Labute approximate surface area is 70.5 Å². The van der Waals surface area contributed by atoms with E-state index in [-0.39, 0.29) is 0 Å². The Morgan fingerprint density at radius 2 is 2.00 bits per heavy atom. The zero-order valence-corrected chi connectivity index (χ0v) is 8.09. The van der Waals surface area contributed by atoms with Gasteiger partial charge in [-0.25, -0.2) is 0 Å². The van der Waals surface area contributed by atoms with Crippen LogP contribution in [0.25, 0.3) is 0 Å². The molecule has 0 aliphatic rings. The van der Waals surface area contributed by atoms with E-state index in [4.69, 9.17) is 0 Å². The minimum absolute atomic E-state index is 1.06. The van der Waals surface area contributed by atoms with E-state index in [2.05, 4.69) is 25.4 Å². The highest BCUT2D eigenvalue weighted by Gasteiger charge is 1.76. The molecule has 0 aromatic carbocycles. The summed E-state index contributed by atoms with van der Waals surface area (Å²) in [6.45, 7) is 11.7. The van der Waals surface area contributed by atoms with Gasteiger partial charge in [0, 0.05) is 12.4 Å². The largest absolute Gasteiger partial charge is 0.265 e. The second kappa shape index (κ2) is 11.9. The van der Waals surface area contributed by atoms with Gasteiger partial charge in [0.2, 0.25) is 0 Å². The van der Waals surface area contributed by atoms with E-state index in [1.807, 2.05) is 20.0 Å². The Morgan fingerprint density at radius 3 is 2.36 bits per heavy atom. The number of nitrogens with zero attached hydrogens (tertiary/aromatic N) is 1. The van der Waals surface area contributed by atoms with Crippen LogP contribution in [0.1, 0.15) is 34.1 Å². The molecule has 0 spiro atoms. The lowest BCUT2D eigenvalue weighted by molar-refractivity contribution is 1.09. The summed E-state index contributed by atoms with van der Waals surface area (Å²) in [5.74, 6) is 0. The van der Waals surface area contributed by atoms with Crippen molar-refractivity contribution in [2.24, 2.45) is 4.99 Å². The predicted octanol–water partition coefficient (Wildman–Crippen LogP) is 3.58. The van der Waals surface area contributed by atoms with Crippen LogP contribution in [0.2, 0.25) is 0 Å². The molecule has 11 heavy (non-hydrogen) atoms. The summed E-state index contributed by atoms with van der Waals surface area (Å²) in [5.41, 5.74) is 1.29. The van der Waals surface area contributed by atoms with Crippen molar-refractivity contribution < 1.29 is 0 Å². The van der Waals surface area contributed by atoms with Crippen molar-refractivity contribution >= 4 is 6.21 Å². The van der Waals surface area contributed by atoms with E-state index in [1.165, 1.54) is 5.57 Å². The van der Waals surface area contributed by atoms with Crippen molar-refractivity contribution in [3.8, 4) is 0 Å². The normalized spacial score (nSPS) is 10.7. The molecule has 0 saturated heterocycles. The molecule has 0 heterocycles. The van der Waals surface area contributed by atoms with Gasteiger partial charge in [0.15, 0.2) is 0 Å². The molecule has 0 amide bonds. The van der Waals surface area contributed by atoms with E-state index in [0.717, 1.165) is 6.42 Å². The quantitative estimate of drug-likeness (QED) is 0.549. The maximum atomic E-state index is 3.96. The Morgan fingerprint density at radius 1 is 1.45 bits per heavy atom. The lowest BCUT2D eigenvalue weighted by Crippen LogP contribution is -1.68. The van der Waals surface area contributed by atoms with Crippen LogP contribution in [0.4, 0.5) is 0 Å². The van der Waals surface area contributed by atoms with Crippen molar-refractivity contribution in [1.82, 2.24) is 0 Å². The van der Waals surface area contributed by atoms with Crippen molar-refractivity contribution in [1.29, 1.82) is 0 Å². The summed E-state index contributed by atoms with van der Waals surface area (Å²) in [7, 11) is 0. The highest BCUT2D eigenvalue weighted by molar-refractivity contribution is 5.70. The average molecular weight is 153 g/mol. The molecule has 1 nitrogen and oxygen atoms in total. The first-order valence-corrected chi connectivity index (χ1v) is 4.11. The second-order valence-electron chi connectivity index (χ2n) is 1.86. The first-order valence-electron chi connectivity index (χ1n) is 4.11. The summed E-state index contributed by atoms with van der Waals surface area (Å²) in [6.07, 6.45) is 6.26. The molecule has 0 N–H and O–H groups in total. The van der Waals surface area contributed by atoms with Gasteiger partial charge in [-0.05, 0) is 13.3 Å². The summed E-state index contributed by atoms with van der Waals surface area (Å²) in [6, 6.07) is 0. The van der Waals surface area contributed by atoms with E-state index < -0.39 is 0 Å². The minimum atomic E-state index is 1.06. The fourth-order valence-electron chi connectivity index (χ4n) is 0.322. The smallest absolute Gasteiger partial charge is 0.0261 e. The van der Waals surface area contributed by atoms with E-state index in [9.17, 15) is 0 Å². The lowest BCUT2D eigenvalue weighted by atomic mass is 10.3. The van der Waals surface area contributed by atoms with Crippen LogP contribution in [0.15, 0.2) is 29.4 Å². The third-order valence-corrected chi connectivity index (χ3v) is 1.04. The maximum Gasteiger partial charge on any atom is 0.0261 e. The Kier molecular flexibility index (Phi) is 13.8. The van der Waals surface area contributed by atoms with Gasteiger partial charge in [0.25, 0.3) is 0 Å². The Hall–Kier alpha value is -0.850. The Balaban J connectivity index is 0. The van der Waals surface area contributed by atoms with Gasteiger partial charge >= 0.3 is 0 Å². The molecule has 0 unspecified atom stereocenters. The molecule has 1 heteroatoms. The second-order valence-corrected chi connectivity index (χ2v) is 1.86. The van der Waals surface area contributed by atoms with Gasteiger partial charge in [-0.3, -0.25) is 4.99 Å². The van der Waals surface area contributed by atoms with Gasteiger partial charge in [0.1, 0.15) is 0 Å². The number of hydrogen-bond donors (Lipinski definition) is 0. The maximum absolute atomic E-state index is 3.96. The minimum Gasteiger partial charge on any atom is -0.265 e. The van der Waals surface area contributed by atoms with E-state index in [1.54, 1.807) is 12.3 Å². The molecule has 0 aliphatic heterocycles. The molecule has 0 aromatic heterocycles. The molecule has 64 valence electrons. The third-order valence-electron chi connectivity index (χ3n) is 1.04. The zero-order valence-electron chi connectivity index (χ0n) is 8.09. The Bertz CT molecular complexity index is 132. The van der Waals surface area contributed by atoms with Crippen LogP contribution in [0, 0.1) is 0 Å². The van der Waals surface area contributed by atoms with Crippen LogP contribution >= 0.6 is 0 Å². The predicted molar refractivity (Wildman–Crippen MR) is 54.1 cm³/mol. The highest BCUT2D eigenvalue weighted by atomic mass is 14.7. The highest BCUT2D eigenvalue weighted by Crippen LogP contribution is 1.96. The third kappa shape index (κ3) is 12.4. The molecular formula is C10H19N. The fourth-order valence-corrected chi connectivity index (χ4v) is 0.322. The summed E-state index contributed by atoms with van der Waals surface area (Å²) < 4.78 is 0. The molecule has 0 atom stereocenters. The van der Waals surface area contributed by atoms with Gasteiger partial charge < -0.3 is 0 Å². The monoisotopic (exact) mass is 153 g/mol. The molecule has 0 rings (SSSR count). The van der Waals surface area contributed by atoms with Gasteiger partial charge in [-0.1, -0.05) is 39.0 Å². The van der Waals surface area contributed by atoms with Gasteiger partial charge in [-0.2, -0.15) is 0 Å². The molecule has 0 fully saturated rings.